The average Bonchev–Trinajstić information content (AvgIpc) is 3.33. The molecule has 0 radical (unpaired) electrons. The third kappa shape index (κ3) is 4.61. The van der Waals surface area contributed by atoms with Gasteiger partial charge >= 0.3 is 0 Å². The van der Waals surface area contributed by atoms with Gasteiger partial charge in [0, 0.05) is 86.0 Å². The van der Waals surface area contributed by atoms with Crippen LogP contribution in [-0.2, 0) is 17.8 Å². The fourth-order valence-electron chi connectivity index (χ4n) is 6.39. The molecule has 1 unspecified atom stereocenters. The third-order valence-electron chi connectivity index (χ3n) is 8.77. The Hall–Kier alpha value is -3.87. The molecule has 0 saturated carbocycles. The van der Waals surface area contributed by atoms with Crippen molar-refractivity contribution < 1.29 is 4.79 Å². The maximum absolute atomic E-state index is 12.2. The van der Waals surface area contributed by atoms with Gasteiger partial charge in [-0.15, -0.1) is 0 Å². The van der Waals surface area contributed by atoms with Gasteiger partial charge in [-0.2, -0.15) is 0 Å². The van der Waals surface area contributed by atoms with Gasteiger partial charge < -0.3 is 19.7 Å². The highest BCUT2D eigenvalue weighted by Crippen LogP contribution is 2.37. The van der Waals surface area contributed by atoms with Crippen molar-refractivity contribution in [3.63, 3.8) is 0 Å². The fraction of sp³-hybridized carbons (Fsp3) is 0.424. The summed E-state index contributed by atoms with van der Waals surface area (Å²) in [6, 6.07) is 13.4. The predicted octanol–water partition coefficient (Wildman–Crippen LogP) is 5.98. The molecule has 7 heteroatoms. The van der Waals surface area contributed by atoms with Gasteiger partial charge in [0.25, 0.3) is 0 Å². The monoisotopic (exact) mass is 536 g/mol. The van der Waals surface area contributed by atoms with E-state index in [1.165, 1.54) is 33.3 Å². The van der Waals surface area contributed by atoms with Crippen molar-refractivity contribution in [3.8, 4) is 11.4 Å². The standard InChI is InChI=1S/C33H40N6O/c1-20(2)25-11-10-21(3)30(16-25)38-13-12-28-27(19-38)33(39-15-14-37(24(6)40)18-23(39)5)36-32(35-28)26-8-7-9-29-31(26)22(4)17-34-29/h7-11,16-17,20,23,34H,12-15,18-19H2,1-6H3. The van der Waals surface area contributed by atoms with E-state index in [4.69, 9.17) is 9.97 Å². The molecule has 7 nitrogen and oxygen atoms in total. The summed E-state index contributed by atoms with van der Waals surface area (Å²) in [4.78, 5) is 33.0. The topological polar surface area (TPSA) is 68.4 Å². The van der Waals surface area contributed by atoms with Crippen molar-refractivity contribution in [1.29, 1.82) is 0 Å². The largest absolute Gasteiger partial charge is 0.366 e. The zero-order valence-electron chi connectivity index (χ0n) is 24.6. The van der Waals surface area contributed by atoms with E-state index in [-0.39, 0.29) is 11.9 Å². The lowest BCUT2D eigenvalue weighted by molar-refractivity contribution is -0.129. The minimum Gasteiger partial charge on any atom is -0.366 e. The molecule has 2 aromatic carbocycles. The molecule has 1 N–H and O–H groups in total. The molecule has 0 bridgehead atoms. The zero-order chi connectivity index (χ0) is 28.1. The van der Waals surface area contributed by atoms with E-state index in [1.54, 1.807) is 6.92 Å². The van der Waals surface area contributed by atoms with Crippen LogP contribution < -0.4 is 9.80 Å². The Kier molecular flexibility index (Phi) is 6.77. The van der Waals surface area contributed by atoms with Gasteiger partial charge in [0.15, 0.2) is 5.82 Å². The third-order valence-corrected chi connectivity index (χ3v) is 8.77. The summed E-state index contributed by atoms with van der Waals surface area (Å²) in [6.07, 6.45) is 2.93. The van der Waals surface area contributed by atoms with Gasteiger partial charge in [0.2, 0.25) is 5.91 Å². The molecule has 1 atom stereocenters. The van der Waals surface area contributed by atoms with Crippen LogP contribution in [0.5, 0.6) is 0 Å². The number of hydrogen-bond donors (Lipinski definition) is 1. The number of benzene rings is 2. The SMILES string of the molecule is CC(=O)N1CCN(c2nc(-c3cccc4[nH]cc(C)c34)nc3c2CN(c2cc(C(C)C)ccc2C)CC3)C(C)C1. The van der Waals surface area contributed by atoms with Crippen molar-refractivity contribution in [3.05, 3.63) is 70.5 Å². The molecule has 4 heterocycles. The van der Waals surface area contributed by atoms with E-state index in [9.17, 15) is 4.79 Å². The maximum Gasteiger partial charge on any atom is 0.219 e. The van der Waals surface area contributed by atoms with Gasteiger partial charge in [-0.05, 0) is 55.5 Å². The van der Waals surface area contributed by atoms with Crippen LogP contribution in [0.15, 0.2) is 42.6 Å². The number of nitrogens with one attached hydrogen (secondary N) is 1. The van der Waals surface area contributed by atoms with Gasteiger partial charge in [0.05, 0.1) is 5.69 Å². The van der Waals surface area contributed by atoms with Crippen molar-refractivity contribution in [2.24, 2.45) is 0 Å². The highest BCUT2D eigenvalue weighted by molar-refractivity contribution is 5.96. The van der Waals surface area contributed by atoms with Crippen molar-refractivity contribution in [2.45, 2.75) is 66.5 Å². The Morgan fingerprint density at radius 2 is 1.88 bits per heavy atom. The Balaban J connectivity index is 1.46. The number of aromatic amines is 1. The number of hydrogen-bond acceptors (Lipinski definition) is 5. The summed E-state index contributed by atoms with van der Waals surface area (Å²) in [6.45, 7) is 16.6. The number of anilines is 2. The van der Waals surface area contributed by atoms with Crippen LogP contribution in [0.4, 0.5) is 11.5 Å². The first kappa shape index (κ1) is 26.4. The van der Waals surface area contributed by atoms with E-state index < -0.39 is 0 Å². The van der Waals surface area contributed by atoms with E-state index >= 15 is 0 Å². The minimum absolute atomic E-state index is 0.137. The molecular formula is C33H40N6O. The molecule has 208 valence electrons. The fourth-order valence-corrected chi connectivity index (χ4v) is 6.39. The van der Waals surface area contributed by atoms with Crippen LogP contribution in [0, 0.1) is 13.8 Å². The van der Waals surface area contributed by atoms with Gasteiger partial charge in [-0.25, -0.2) is 9.97 Å². The Labute approximate surface area is 237 Å². The first-order valence-corrected chi connectivity index (χ1v) is 14.6. The number of nitrogens with zero attached hydrogens (tertiary/aromatic N) is 5. The lowest BCUT2D eigenvalue weighted by Crippen LogP contribution is -2.54. The van der Waals surface area contributed by atoms with Crippen LogP contribution in [-0.4, -0.2) is 58.0 Å². The summed E-state index contributed by atoms with van der Waals surface area (Å²) >= 11 is 0. The Morgan fingerprint density at radius 3 is 2.62 bits per heavy atom. The van der Waals surface area contributed by atoms with Crippen LogP contribution >= 0.6 is 0 Å². The molecule has 0 aliphatic carbocycles. The second-order valence-corrected chi connectivity index (χ2v) is 11.9. The lowest BCUT2D eigenvalue weighted by atomic mass is 9.97. The van der Waals surface area contributed by atoms with Crippen molar-refractivity contribution >= 4 is 28.3 Å². The summed E-state index contributed by atoms with van der Waals surface area (Å²) in [7, 11) is 0. The molecule has 2 aliphatic heterocycles. The van der Waals surface area contributed by atoms with E-state index in [1.807, 2.05) is 4.90 Å². The molecule has 40 heavy (non-hydrogen) atoms. The Bertz CT molecular complexity index is 1590. The summed E-state index contributed by atoms with van der Waals surface area (Å²) in [5, 5.41) is 1.18. The van der Waals surface area contributed by atoms with E-state index in [0.29, 0.717) is 19.0 Å². The molecular weight excluding hydrogens is 496 g/mol. The van der Waals surface area contributed by atoms with Crippen LogP contribution in [0.1, 0.15) is 61.6 Å². The molecule has 1 amide bonds. The molecule has 0 spiro atoms. The quantitative estimate of drug-likeness (QED) is 0.347. The van der Waals surface area contributed by atoms with E-state index in [0.717, 1.165) is 54.5 Å². The molecule has 2 aromatic heterocycles. The lowest BCUT2D eigenvalue weighted by Gasteiger charge is -2.42. The predicted molar refractivity (Wildman–Crippen MR) is 163 cm³/mol. The molecule has 1 saturated heterocycles. The zero-order valence-corrected chi connectivity index (χ0v) is 24.6. The first-order chi connectivity index (χ1) is 19.2. The van der Waals surface area contributed by atoms with Crippen LogP contribution in [0.2, 0.25) is 0 Å². The molecule has 1 fully saturated rings. The van der Waals surface area contributed by atoms with Gasteiger partial charge in [-0.1, -0.05) is 38.1 Å². The number of carbonyl (C=O) groups excluding carboxylic acids is 1. The number of H-pyrrole nitrogens is 1. The summed E-state index contributed by atoms with van der Waals surface area (Å²) in [5.74, 6) is 2.42. The number of rotatable bonds is 4. The number of piperazine rings is 1. The number of amides is 1. The summed E-state index contributed by atoms with van der Waals surface area (Å²) < 4.78 is 0. The number of carbonyl (C=O) groups is 1. The number of aryl methyl sites for hydroxylation is 2. The average molecular weight is 537 g/mol. The van der Waals surface area contributed by atoms with E-state index in [2.05, 4.69) is 92.0 Å². The van der Waals surface area contributed by atoms with Crippen LogP contribution in [0.3, 0.4) is 0 Å². The van der Waals surface area contributed by atoms with Crippen molar-refractivity contribution in [1.82, 2.24) is 19.9 Å². The first-order valence-electron chi connectivity index (χ1n) is 14.6. The maximum atomic E-state index is 12.2. The van der Waals surface area contributed by atoms with Gasteiger partial charge in [0.1, 0.15) is 5.82 Å². The number of fused-ring (bicyclic) bond motifs is 2. The minimum atomic E-state index is 0.137. The Morgan fingerprint density at radius 1 is 1.05 bits per heavy atom. The molecule has 2 aliphatic rings. The highest BCUT2D eigenvalue weighted by Gasteiger charge is 2.32. The second kappa shape index (κ2) is 10.3. The smallest absolute Gasteiger partial charge is 0.219 e. The highest BCUT2D eigenvalue weighted by atomic mass is 16.2. The van der Waals surface area contributed by atoms with Crippen molar-refractivity contribution in [2.75, 3.05) is 36.0 Å². The molecule has 6 rings (SSSR count). The number of aromatic nitrogens is 3. The second-order valence-electron chi connectivity index (χ2n) is 11.9. The van der Waals surface area contributed by atoms with Crippen LogP contribution in [0.25, 0.3) is 22.3 Å². The molecule has 4 aromatic rings. The normalized spacial score (nSPS) is 17.6. The summed E-state index contributed by atoms with van der Waals surface area (Å²) in [5.41, 5.74) is 9.68. The van der Waals surface area contributed by atoms with Gasteiger partial charge in [-0.3, -0.25) is 4.79 Å².